The topological polar surface area (TPSA) is 38.3 Å². The lowest BCUT2D eigenvalue weighted by atomic mass is 9.82. The molecule has 0 bridgehead atoms. The molecule has 1 saturated heterocycles. The Hall–Kier alpha value is -1.49. The third kappa shape index (κ3) is 2.15. The third-order valence-corrected chi connectivity index (χ3v) is 3.09. The Morgan fingerprint density at radius 1 is 1.47 bits per heavy atom. The summed E-state index contributed by atoms with van der Waals surface area (Å²) in [7, 11) is 0. The van der Waals surface area contributed by atoms with Gasteiger partial charge in [-0.1, -0.05) is 6.92 Å². The Kier molecular flexibility index (Phi) is 3.11. The summed E-state index contributed by atoms with van der Waals surface area (Å²) in [5, 5.41) is 2.47. The predicted octanol–water partition coefficient (Wildman–Crippen LogP) is 2.33. The van der Waals surface area contributed by atoms with E-state index in [-0.39, 0.29) is 11.6 Å². The minimum atomic E-state index is -0.773. The summed E-state index contributed by atoms with van der Waals surface area (Å²) in [6, 6.07) is 3.06. The molecular formula is C12H13F2NO2. The van der Waals surface area contributed by atoms with E-state index in [1.54, 1.807) is 0 Å². The van der Waals surface area contributed by atoms with Gasteiger partial charge in [0.1, 0.15) is 11.6 Å². The van der Waals surface area contributed by atoms with Crippen molar-refractivity contribution < 1.29 is 18.3 Å². The van der Waals surface area contributed by atoms with Crippen molar-refractivity contribution in [2.75, 3.05) is 18.5 Å². The van der Waals surface area contributed by atoms with Gasteiger partial charge in [-0.15, -0.1) is 0 Å². The van der Waals surface area contributed by atoms with E-state index < -0.39 is 17.0 Å². The van der Waals surface area contributed by atoms with E-state index in [1.165, 1.54) is 6.07 Å². The van der Waals surface area contributed by atoms with E-state index in [9.17, 15) is 13.6 Å². The van der Waals surface area contributed by atoms with Crippen LogP contribution < -0.4 is 5.32 Å². The van der Waals surface area contributed by atoms with E-state index >= 15 is 0 Å². The highest BCUT2D eigenvalue weighted by Gasteiger charge is 2.44. The summed E-state index contributed by atoms with van der Waals surface area (Å²) in [6.45, 7) is 2.57. The Bertz CT molecular complexity index is 439. The van der Waals surface area contributed by atoms with Crippen LogP contribution in [0, 0.1) is 17.0 Å². The maximum Gasteiger partial charge on any atom is 0.235 e. The molecule has 0 unspecified atom stereocenters. The van der Waals surface area contributed by atoms with Gasteiger partial charge in [0.05, 0.1) is 24.3 Å². The van der Waals surface area contributed by atoms with Gasteiger partial charge in [0, 0.05) is 6.07 Å². The van der Waals surface area contributed by atoms with Gasteiger partial charge in [-0.2, -0.15) is 0 Å². The molecule has 1 heterocycles. The van der Waals surface area contributed by atoms with Crippen molar-refractivity contribution in [2.45, 2.75) is 13.3 Å². The zero-order valence-electron chi connectivity index (χ0n) is 9.43. The molecule has 1 aliphatic rings. The van der Waals surface area contributed by atoms with Crippen LogP contribution in [0.4, 0.5) is 14.5 Å². The second kappa shape index (κ2) is 4.41. The molecule has 3 nitrogen and oxygen atoms in total. The zero-order valence-corrected chi connectivity index (χ0v) is 9.43. The molecule has 17 heavy (non-hydrogen) atoms. The molecule has 1 fully saturated rings. The van der Waals surface area contributed by atoms with Crippen LogP contribution in [0.1, 0.15) is 13.3 Å². The average molecular weight is 241 g/mol. The number of hydrogen-bond acceptors (Lipinski definition) is 2. The van der Waals surface area contributed by atoms with E-state index in [2.05, 4.69) is 5.32 Å². The Labute approximate surface area is 97.8 Å². The lowest BCUT2D eigenvalue weighted by molar-refractivity contribution is -0.156. The quantitative estimate of drug-likeness (QED) is 0.882. The average Bonchev–Trinajstić information content (AvgIpc) is 2.21. The number of amides is 1. The van der Waals surface area contributed by atoms with Crippen LogP contribution in [0.2, 0.25) is 0 Å². The lowest BCUT2D eigenvalue weighted by Crippen LogP contribution is -2.51. The first-order valence-corrected chi connectivity index (χ1v) is 5.42. The van der Waals surface area contributed by atoms with Gasteiger partial charge >= 0.3 is 0 Å². The number of hydrogen-bond donors (Lipinski definition) is 1. The van der Waals surface area contributed by atoms with Crippen LogP contribution in [0.25, 0.3) is 0 Å². The van der Waals surface area contributed by atoms with Gasteiger partial charge in [0.25, 0.3) is 0 Å². The first-order chi connectivity index (χ1) is 8.07. The molecule has 0 aliphatic carbocycles. The summed E-state index contributed by atoms with van der Waals surface area (Å²) in [4.78, 5) is 11.9. The molecular weight excluding hydrogens is 228 g/mol. The van der Waals surface area contributed by atoms with Gasteiger partial charge < -0.3 is 10.1 Å². The molecule has 1 aliphatic heterocycles. The first-order valence-electron chi connectivity index (χ1n) is 5.42. The number of carbonyl (C=O) groups is 1. The van der Waals surface area contributed by atoms with Crippen LogP contribution >= 0.6 is 0 Å². The van der Waals surface area contributed by atoms with Crippen molar-refractivity contribution in [3.63, 3.8) is 0 Å². The highest BCUT2D eigenvalue weighted by molar-refractivity contribution is 5.96. The van der Waals surface area contributed by atoms with Gasteiger partial charge in [0.2, 0.25) is 5.91 Å². The van der Waals surface area contributed by atoms with E-state index in [0.717, 1.165) is 12.1 Å². The highest BCUT2D eigenvalue weighted by Crippen LogP contribution is 2.32. The van der Waals surface area contributed by atoms with Gasteiger partial charge in [-0.3, -0.25) is 4.79 Å². The smallest absolute Gasteiger partial charge is 0.235 e. The molecule has 0 spiro atoms. The minimum absolute atomic E-state index is 0.00359. The van der Waals surface area contributed by atoms with E-state index in [1.807, 2.05) is 6.92 Å². The fourth-order valence-electron chi connectivity index (χ4n) is 1.69. The molecule has 0 radical (unpaired) electrons. The number of nitrogens with one attached hydrogen (secondary N) is 1. The molecule has 1 N–H and O–H groups in total. The number of carbonyl (C=O) groups excluding carboxylic acids is 1. The summed E-state index contributed by atoms with van der Waals surface area (Å²) in [5.41, 5.74) is -0.572. The van der Waals surface area contributed by atoms with Crippen molar-refractivity contribution in [1.82, 2.24) is 0 Å². The van der Waals surface area contributed by atoms with E-state index in [4.69, 9.17) is 4.74 Å². The normalized spacial score (nSPS) is 17.4. The van der Waals surface area contributed by atoms with Crippen LogP contribution in [0.5, 0.6) is 0 Å². The number of halogens is 2. The monoisotopic (exact) mass is 241 g/mol. The van der Waals surface area contributed by atoms with Crippen LogP contribution in [-0.2, 0) is 9.53 Å². The second-order valence-electron chi connectivity index (χ2n) is 4.20. The molecule has 2 rings (SSSR count). The summed E-state index contributed by atoms with van der Waals surface area (Å²) >= 11 is 0. The molecule has 0 saturated carbocycles. The maximum atomic E-state index is 13.3. The third-order valence-electron chi connectivity index (χ3n) is 3.09. The van der Waals surface area contributed by atoms with Crippen molar-refractivity contribution in [3.05, 3.63) is 29.8 Å². The largest absolute Gasteiger partial charge is 0.379 e. The van der Waals surface area contributed by atoms with Crippen LogP contribution in [0.15, 0.2) is 18.2 Å². The number of benzene rings is 1. The molecule has 5 heteroatoms. The molecule has 1 amide bonds. The Morgan fingerprint density at radius 2 is 2.18 bits per heavy atom. The van der Waals surface area contributed by atoms with Crippen molar-refractivity contribution >= 4 is 11.6 Å². The van der Waals surface area contributed by atoms with Gasteiger partial charge in [-0.25, -0.2) is 8.78 Å². The second-order valence-corrected chi connectivity index (χ2v) is 4.20. The van der Waals surface area contributed by atoms with Crippen molar-refractivity contribution in [2.24, 2.45) is 5.41 Å². The van der Waals surface area contributed by atoms with Gasteiger partial charge in [0.15, 0.2) is 0 Å². The highest BCUT2D eigenvalue weighted by atomic mass is 19.1. The standard InChI is InChI=1S/C12H13F2NO2/c1-2-12(6-17-7-12)11(16)15-10-4-3-8(13)5-9(10)14/h3-5H,2,6-7H2,1H3,(H,15,16). The molecule has 92 valence electrons. The zero-order chi connectivity index (χ0) is 12.5. The fourth-order valence-corrected chi connectivity index (χ4v) is 1.69. The Morgan fingerprint density at radius 3 is 2.65 bits per heavy atom. The number of rotatable bonds is 3. The SMILES string of the molecule is CCC1(C(=O)Nc2ccc(F)cc2F)COC1. The summed E-state index contributed by atoms with van der Waals surface area (Å²) in [5.74, 6) is -1.72. The first kappa shape index (κ1) is 12.0. The van der Waals surface area contributed by atoms with Crippen molar-refractivity contribution in [1.29, 1.82) is 0 Å². The number of ether oxygens (including phenoxy) is 1. The maximum absolute atomic E-state index is 13.3. The molecule has 1 aromatic rings. The molecule has 0 aromatic heterocycles. The summed E-state index contributed by atoms with van der Waals surface area (Å²) < 4.78 is 31.1. The summed E-state index contributed by atoms with van der Waals surface area (Å²) in [6.07, 6.45) is 0.627. The Balaban J connectivity index is 2.13. The van der Waals surface area contributed by atoms with E-state index in [0.29, 0.717) is 19.6 Å². The van der Waals surface area contributed by atoms with Crippen molar-refractivity contribution in [3.8, 4) is 0 Å². The molecule has 0 atom stereocenters. The number of anilines is 1. The minimum Gasteiger partial charge on any atom is -0.379 e. The fraction of sp³-hybridized carbons (Fsp3) is 0.417. The van der Waals surface area contributed by atoms with Crippen LogP contribution in [-0.4, -0.2) is 19.1 Å². The van der Waals surface area contributed by atoms with Crippen LogP contribution in [0.3, 0.4) is 0 Å². The predicted molar refractivity (Wildman–Crippen MR) is 58.5 cm³/mol. The lowest BCUT2D eigenvalue weighted by Gasteiger charge is -2.38. The molecule has 1 aromatic carbocycles. The van der Waals surface area contributed by atoms with Gasteiger partial charge in [-0.05, 0) is 18.6 Å².